The normalized spacial score (nSPS) is 18.8. The second-order valence-electron chi connectivity index (χ2n) is 8.65. The first-order chi connectivity index (χ1) is 17.1. The van der Waals surface area contributed by atoms with Gasteiger partial charge in [0.15, 0.2) is 0 Å². The molecule has 1 fully saturated rings. The number of nitroso groups, excluding NO2 is 1. The summed E-state index contributed by atoms with van der Waals surface area (Å²) in [5.74, 6) is -1.05. The number of fused-ring (bicyclic) bond motifs is 1. The van der Waals surface area contributed by atoms with Crippen molar-refractivity contribution >= 4 is 22.6 Å². The zero-order valence-corrected chi connectivity index (χ0v) is 19.2. The summed E-state index contributed by atoms with van der Waals surface area (Å²) in [7, 11) is 0. The molecule has 1 aliphatic rings. The molecule has 176 valence electrons. The minimum atomic E-state index is -0.984. The number of nitrogens with zero attached hydrogens (tertiary/aromatic N) is 3. The van der Waals surface area contributed by atoms with Crippen LogP contribution < -0.4 is 5.32 Å². The third-order valence-electron chi connectivity index (χ3n) is 6.58. The first-order valence-corrected chi connectivity index (χ1v) is 11.6. The van der Waals surface area contributed by atoms with Gasteiger partial charge in [-0.05, 0) is 40.2 Å². The topological polar surface area (TPSA) is 103 Å². The number of carbonyl (C=O) groups excluding carboxylic acids is 2. The number of rotatable bonds is 7. The summed E-state index contributed by atoms with van der Waals surface area (Å²) in [6.07, 6.45) is 2.75. The highest BCUT2D eigenvalue weighted by Crippen LogP contribution is 2.33. The van der Waals surface area contributed by atoms with Crippen LogP contribution in [0.5, 0.6) is 0 Å². The summed E-state index contributed by atoms with van der Waals surface area (Å²) in [4.78, 5) is 35.8. The van der Waals surface area contributed by atoms with Crippen LogP contribution >= 0.6 is 0 Å². The molecule has 0 radical (unpaired) electrons. The van der Waals surface area contributed by atoms with Crippen LogP contribution in [0.4, 0.5) is 0 Å². The second-order valence-corrected chi connectivity index (χ2v) is 8.65. The van der Waals surface area contributed by atoms with Gasteiger partial charge in [-0.3, -0.25) is 14.9 Å². The number of benzene rings is 3. The van der Waals surface area contributed by atoms with E-state index in [9.17, 15) is 19.8 Å². The van der Waals surface area contributed by atoms with Crippen molar-refractivity contribution in [3.63, 3.8) is 0 Å². The maximum Gasteiger partial charge on any atom is 0.309 e. The lowest BCUT2D eigenvalue weighted by Crippen LogP contribution is -2.46. The van der Waals surface area contributed by atoms with Gasteiger partial charge < -0.3 is 4.90 Å². The van der Waals surface area contributed by atoms with Gasteiger partial charge >= 0.3 is 5.91 Å². The molecule has 0 spiro atoms. The average Bonchev–Trinajstić information content (AvgIpc) is 2.92. The fourth-order valence-corrected chi connectivity index (χ4v) is 4.85. The van der Waals surface area contributed by atoms with E-state index < -0.39 is 11.9 Å². The van der Waals surface area contributed by atoms with Crippen LogP contribution in [0.1, 0.15) is 29.5 Å². The fourth-order valence-electron chi connectivity index (χ4n) is 4.85. The van der Waals surface area contributed by atoms with Gasteiger partial charge in [0.1, 0.15) is 6.04 Å². The first kappa shape index (κ1) is 24.0. The molecule has 3 aromatic carbocycles. The Morgan fingerprint density at radius 3 is 2.57 bits per heavy atom. The monoisotopic (exact) mass is 466 g/mol. The molecule has 3 atom stereocenters. The van der Waals surface area contributed by atoms with E-state index in [1.807, 2.05) is 60.7 Å². The second kappa shape index (κ2) is 11.3. The molecule has 1 heterocycles. The number of carbonyl (C=O) groups is 2. The Morgan fingerprint density at radius 1 is 1.06 bits per heavy atom. The van der Waals surface area contributed by atoms with Crippen LogP contribution in [0.15, 0.2) is 90.1 Å². The minimum absolute atomic E-state index is 0.0502. The zero-order chi connectivity index (χ0) is 24.6. The number of nitriles is 1. The lowest BCUT2D eigenvalue weighted by Gasteiger charge is -2.39. The van der Waals surface area contributed by atoms with Crippen molar-refractivity contribution in [3.05, 3.63) is 101 Å². The largest absolute Gasteiger partial charge is 0.339 e. The lowest BCUT2D eigenvalue weighted by atomic mass is 9.80. The minimum Gasteiger partial charge on any atom is -0.339 e. The van der Waals surface area contributed by atoms with Crippen molar-refractivity contribution in [2.75, 3.05) is 19.6 Å². The Balaban J connectivity index is 1.54. The molecule has 0 bridgehead atoms. The van der Waals surface area contributed by atoms with Crippen LogP contribution in [-0.4, -0.2) is 36.3 Å². The van der Waals surface area contributed by atoms with Gasteiger partial charge in [-0.15, -0.1) is 4.91 Å². The molecular weight excluding hydrogens is 440 g/mol. The Hall–Kier alpha value is -4.15. The highest BCUT2D eigenvalue weighted by molar-refractivity contribution is 5.97. The molecule has 1 N–H and O–H groups in total. The van der Waals surface area contributed by atoms with E-state index in [1.54, 1.807) is 4.90 Å². The molecule has 4 rings (SSSR count). The summed E-state index contributed by atoms with van der Waals surface area (Å²) in [5.41, 5.74) is 2.12. The molecule has 1 saturated heterocycles. The molecule has 7 nitrogen and oxygen atoms in total. The number of nitrogens with one attached hydrogen (secondary N) is 1. The van der Waals surface area contributed by atoms with Crippen LogP contribution in [-0.2, 0) is 9.59 Å². The van der Waals surface area contributed by atoms with Gasteiger partial charge in [0.2, 0.25) is 5.91 Å². The Labute approximate surface area is 204 Å². The van der Waals surface area contributed by atoms with Gasteiger partial charge in [0.05, 0.1) is 6.07 Å². The van der Waals surface area contributed by atoms with E-state index in [-0.39, 0.29) is 17.7 Å². The molecule has 0 aromatic heterocycles. The number of amides is 2. The highest BCUT2D eigenvalue weighted by Gasteiger charge is 2.32. The van der Waals surface area contributed by atoms with Crippen molar-refractivity contribution in [2.45, 2.75) is 18.4 Å². The summed E-state index contributed by atoms with van der Waals surface area (Å²) in [6, 6.07) is 26.0. The number of hydrogen-bond acceptors (Lipinski definition) is 5. The van der Waals surface area contributed by atoms with Gasteiger partial charge in [0, 0.05) is 37.0 Å². The summed E-state index contributed by atoms with van der Waals surface area (Å²) >= 11 is 0. The fraction of sp³-hybridized carbons (Fsp3) is 0.250. The molecule has 0 saturated carbocycles. The molecule has 35 heavy (non-hydrogen) atoms. The predicted molar refractivity (Wildman–Crippen MR) is 134 cm³/mol. The van der Waals surface area contributed by atoms with E-state index in [2.05, 4.69) is 28.7 Å². The maximum absolute atomic E-state index is 12.6. The van der Waals surface area contributed by atoms with Crippen LogP contribution in [0.2, 0.25) is 0 Å². The van der Waals surface area contributed by atoms with Gasteiger partial charge in [0.25, 0.3) is 0 Å². The van der Waals surface area contributed by atoms with Crippen LogP contribution in [0.3, 0.4) is 0 Å². The van der Waals surface area contributed by atoms with E-state index in [0.29, 0.717) is 19.6 Å². The van der Waals surface area contributed by atoms with Crippen molar-refractivity contribution in [1.82, 2.24) is 10.2 Å². The van der Waals surface area contributed by atoms with Gasteiger partial charge in [-0.1, -0.05) is 72.8 Å². The average molecular weight is 467 g/mol. The Morgan fingerprint density at radius 2 is 1.80 bits per heavy atom. The standard InChI is InChI=1S/C28H26N4O3/c29-17-26(25-12-6-10-21-9-4-5-11-24(21)25)30-18-22-19-32(28(34)14-13-27(33)31-35)16-15-23(22)20-7-2-1-3-8-20/h1-14,22-23,26,30H,15-16,18-19H2/b14-13-/t22?,23?,26-/m1/s1. The van der Waals surface area contributed by atoms with Crippen molar-refractivity contribution in [1.29, 1.82) is 5.26 Å². The number of likely N-dealkylation sites (tertiary alicyclic amines) is 1. The summed E-state index contributed by atoms with van der Waals surface area (Å²) in [6.45, 7) is 1.53. The lowest BCUT2D eigenvalue weighted by molar-refractivity contribution is -0.128. The third kappa shape index (κ3) is 5.68. The molecule has 3 aromatic rings. The van der Waals surface area contributed by atoms with Crippen molar-refractivity contribution in [3.8, 4) is 6.07 Å². The Bertz CT molecular complexity index is 1280. The van der Waals surface area contributed by atoms with E-state index in [1.165, 1.54) is 5.56 Å². The van der Waals surface area contributed by atoms with Crippen LogP contribution in [0.25, 0.3) is 10.8 Å². The van der Waals surface area contributed by atoms with Crippen molar-refractivity contribution in [2.24, 2.45) is 11.1 Å². The maximum atomic E-state index is 12.6. The van der Waals surface area contributed by atoms with Gasteiger partial charge in [-0.25, -0.2) is 0 Å². The molecule has 0 aliphatic carbocycles. The van der Waals surface area contributed by atoms with E-state index in [0.717, 1.165) is 34.9 Å². The Kier molecular flexibility index (Phi) is 7.76. The molecule has 7 heteroatoms. The smallest absolute Gasteiger partial charge is 0.309 e. The summed E-state index contributed by atoms with van der Waals surface area (Å²) in [5, 5.41) is 17.8. The third-order valence-corrected chi connectivity index (χ3v) is 6.58. The van der Waals surface area contributed by atoms with Gasteiger partial charge in [-0.2, -0.15) is 5.26 Å². The number of piperidine rings is 1. The highest BCUT2D eigenvalue weighted by atomic mass is 16.3. The SMILES string of the molecule is N#C[C@@H](NCC1CN(C(=O)/C=C\C(=O)N=O)CCC1c1ccccc1)c1cccc2ccccc12. The predicted octanol–water partition coefficient (Wildman–Crippen LogP) is 4.48. The molecule has 2 unspecified atom stereocenters. The summed E-state index contributed by atoms with van der Waals surface area (Å²) < 4.78 is 0. The zero-order valence-electron chi connectivity index (χ0n) is 19.2. The first-order valence-electron chi connectivity index (χ1n) is 11.6. The van der Waals surface area contributed by atoms with E-state index in [4.69, 9.17) is 0 Å². The quantitative estimate of drug-likeness (QED) is 0.409. The van der Waals surface area contributed by atoms with Crippen LogP contribution in [0, 0.1) is 22.2 Å². The number of hydrogen-bond donors (Lipinski definition) is 1. The van der Waals surface area contributed by atoms with Crippen molar-refractivity contribution < 1.29 is 9.59 Å². The molecular formula is C28H26N4O3. The molecule has 1 aliphatic heterocycles. The van der Waals surface area contributed by atoms with E-state index >= 15 is 0 Å². The molecule has 2 amide bonds.